The van der Waals surface area contributed by atoms with Crippen LogP contribution in [0.2, 0.25) is 0 Å². The number of Topliss-reactive ketones (excluding diaryl/α,β-unsaturated/α-hetero) is 1. The summed E-state index contributed by atoms with van der Waals surface area (Å²) in [6.07, 6.45) is 1.37. The molecule has 4 amide bonds. The average molecular weight is 636 g/mol. The summed E-state index contributed by atoms with van der Waals surface area (Å²) in [6.45, 7) is 1.45. The molecule has 14 nitrogen and oxygen atoms in total. The maximum absolute atomic E-state index is 13.5. The molecule has 0 radical (unpaired) electrons. The van der Waals surface area contributed by atoms with E-state index in [-0.39, 0.29) is 55.2 Å². The highest BCUT2D eigenvalue weighted by molar-refractivity contribution is 6.15. The highest BCUT2D eigenvalue weighted by Crippen LogP contribution is 2.40. The Morgan fingerprint density at radius 3 is 1.89 bits per heavy atom. The van der Waals surface area contributed by atoms with E-state index in [0.29, 0.717) is 59.4 Å². The molecule has 0 saturated carbocycles. The first-order valence-corrected chi connectivity index (χ1v) is 15.3. The Morgan fingerprint density at radius 2 is 1.30 bits per heavy atom. The maximum atomic E-state index is 13.5. The van der Waals surface area contributed by atoms with Gasteiger partial charge in [0.2, 0.25) is 5.91 Å². The third-order valence-electron chi connectivity index (χ3n) is 8.87. The molecule has 6 rings (SSSR count). The first-order chi connectivity index (χ1) is 22.1. The van der Waals surface area contributed by atoms with Crippen molar-refractivity contribution in [2.24, 2.45) is 0 Å². The molecular weight excluding hydrogens is 598 g/mol. The molecule has 2 aromatic carbocycles. The van der Waals surface area contributed by atoms with Crippen molar-refractivity contribution in [1.82, 2.24) is 15.1 Å². The van der Waals surface area contributed by atoms with Gasteiger partial charge in [0.1, 0.15) is 6.04 Å². The first kappa shape index (κ1) is 31.1. The Morgan fingerprint density at radius 1 is 0.739 bits per heavy atom. The summed E-state index contributed by atoms with van der Waals surface area (Å²) >= 11 is 0. The van der Waals surface area contributed by atoms with Gasteiger partial charge in [0.05, 0.1) is 56.5 Å². The van der Waals surface area contributed by atoms with E-state index in [2.05, 4.69) is 5.32 Å². The van der Waals surface area contributed by atoms with Crippen molar-refractivity contribution >= 4 is 40.8 Å². The van der Waals surface area contributed by atoms with Gasteiger partial charge in [-0.3, -0.25) is 29.3 Å². The minimum absolute atomic E-state index is 0.00251. The molecule has 4 aliphatic heterocycles. The summed E-state index contributed by atoms with van der Waals surface area (Å²) in [5.41, 5.74) is 1.41. The van der Waals surface area contributed by atoms with Gasteiger partial charge < -0.3 is 38.5 Å². The summed E-state index contributed by atoms with van der Waals surface area (Å²) < 4.78 is 23.1. The largest absolute Gasteiger partial charge is 0.493 e. The Labute approximate surface area is 266 Å². The number of nitrogens with zero attached hydrogens (tertiary/aromatic N) is 4. The van der Waals surface area contributed by atoms with Crippen LogP contribution in [0.4, 0.5) is 11.4 Å². The number of hydrogen-bond acceptors (Lipinski definition) is 10. The topological polar surface area (TPSA) is 147 Å². The van der Waals surface area contributed by atoms with Gasteiger partial charge >= 0.3 is 0 Å². The predicted molar refractivity (Wildman–Crippen MR) is 165 cm³/mol. The molecule has 0 aromatic heterocycles. The molecule has 0 bridgehead atoms. The van der Waals surface area contributed by atoms with Gasteiger partial charge in [-0.25, -0.2) is 0 Å². The molecule has 2 saturated heterocycles. The molecule has 14 heteroatoms. The molecule has 46 heavy (non-hydrogen) atoms. The zero-order valence-corrected chi connectivity index (χ0v) is 26.3. The number of fused-ring (bicyclic) bond motifs is 4. The van der Waals surface area contributed by atoms with Crippen molar-refractivity contribution in [3.05, 3.63) is 35.4 Å². The van der Waals surface area contributed by atoms with Crippen molar-refractivity contribution < 1.29 is 42.9 Å². The van der Waals surface area contributed by atoms with Crippen LogP contribution < -0.4 is 34.1 Å². The minimum Gasteiger partial charge on any atom is -0.493 e. The smallest absolute Gasteiger partial charge is 0.264 e. The van der Waals surface area contributed by atoms with Crippen LogP contribution in [0.5, 0.6) is 23.0 Å². The Kier molecular flexibility index (Phi) is 8.47. The Bertz CT molecular complexity index is 1610. The molecule has 2 atom stereocenters. The van der Waals surface area contributed by atoms with Crippen LogP contribution in [-0.2, 0) is 14.4 Å². The number of carbonyl (C=O) groups excluding carboxylic acids is 5. The normalized spacial score (nSPS) is 21.2. The number of ether oxygens (including phenoxy) is 4. The van der Waals surface area contributed by atoms with Gasteiger partial charge in [-0.05, 0) is 31.5 Å². The number of methoxy groups -OCH3 is 2. The Hall–Kier alpha value is -4.85. The van der Waals surface area contributed by atoms with Gasteiger partial charge in [0.15, 0.2) is 34.9 Å². The second kappa shape index (κ2) is 12.5. The van der Waals surface area contributed by atoms with Crippen molar-refractivity contribution in [1.29, 1.82) is 0 Å². The molecule has 0 spiro atoms. The summed E-state index contributed by atoms with van der Waals surface area (Å²) in [4.78, 5) is 71.1. The predicted octanol–water partition coefficient (Wildman–Crippen LogP) is 1.44. The molecule has 244 valence electrons. The van der Waals surface area contributed by atoms with E-state index in [4.69, 9.17) is 18.9 Å². The SMILES string of the molecule is COc1cc2c(cc1OCCCOc1cc3c(cc1OC)C(=O)N1CCCCNC1C(=O)N3C)N(C)C(=O)C1CC(=O)CN1C2=O. The minimum atomic E-state index is -0.825. The summed E-state index contributed by atoms with van der Waals surface area (Å²) in [5.74, 6) is 0.0131. The van der Waals surface area contributed by atoms with Crippen molar-refractivity contribution in [3.63, 3.8) is 0 Å². The summed E-state index contributed by atoms with van der Waals surface area (Å²) in [5, 5.41) is 3.20. The standard InChI is InChI=1S/C32H37N5O9/c1-34-21-15-26(25(44-4)14-20(21)30(40)37-17-18(38)12-23(37)31(34)41)45-10-7-11-46-27-16-22-19(13-24(27)43-3)29(39)36-9-6-5-8-33-28(36)32(42)35(22)2/h13-16,23,28,33H,5-12,17H2,1-4H3. The van der Waals surface area contributed by atoms with E-state index in [1.165, 1.54) is 35.0 Å². The van der Waals surface area contributed by atoms with Gasteiger partial charge in [-0.15, -0.1) is 0 Å². The third-order valence-corrected chi connectivity index (χ3v) is 8.87. The zero-order valence-electron chi connectivity index (χ0n) is 26.3. The van der Waals surface area contributed by atoms with Gasteiger partial charge in [-0.2, -0.15) is 0 Å². The number of ketones is 1. The van der Waals surface area contributed by atoms with E-state index >= 15 is 0 Å². The molecule has 2 unspecified atom stereocenters. The Balaban J connectivity index is 1.15. The lowest BCUT2D eigenvalue weighted by molar-refractivity contribution is -0.123. The number of carbonyl (C=O) groups is 5. The van der Waals surface area contributed by atoms with Crippen LogP contribution in [0, 0.1) is 0 Å². The van der Waals surface area contributed by atoms with Crippen LogP contribution in [0.15, 0.2) is 24.3 Å². The van der Waals surface area contributed by atoms with Crippen LogP contribution in [-0.4, -0.2) is 113 Å². The van der Waals surface area contributed by atoms with Crippen LogP contribution in [0.3, 0.4) is 0 Å². The quantitative estimate of drug-likeness (QED) is 0.423. The molecule has 4 aliphatic rings. The highest BCUT2D eigenvalue weighted by atomic mass is 16.5. The van der Waals surface area contributed by atoms with Gasteiger partial charge in [0, 0.05) is 45.6 Å². The highest BCUT2D eigenvalue weighted by Gasteiger charge is 2.45. The van der Waals surface area contributed by atoms with Crippen LogP contribution in [0.25, 0.3) is 0 Å². The molecule has 2 fully saturated rings. The number of rotatable bonds is 8. The van der Waals surface area contributed by atoms with Gasteiger partial charge in [-0.1, -0.05) is 0 Å². The van der Waals surface area contributed by atoms with E-state index < -0.39 is 18.1 Å². The number of benzene rings is 2. The second-order valence-electron chi connectivity index (χ2n) is 11.6. The first-order valence-electron chi connectivity index (χ1n) is 15.3. The fourth-order valence-corrected chi connectivity index (χ4v) is 6.37. The summed E-state index contributed by atoms with van der Waals surface area (Å²) in [6, 6.07) is 5.56. The van der Waals surface area contributed by atoms with E-state index in [0.717, 1.165) is 12.8 Å². The molecule has 4 heterocycles. The number of nitrogens with one attached hydrogen (secondary N) is 1. The number of amides is 4. The van der Waals surface area contributed by atoms with E-state index in [1.807, 2.05) is 0 Å². The monoisotopic (exact) mass is 635 g/mol. The van der Waals surface area contributed by atoms with E-state index in [1.54, 1.807) is 37.2 Å². The molecule has 0 aliphatic carbocycles. The lowest BCUT2D eigenvalue weighted by Crippen LogP contribution is -2.54. The number of anilines is 2. The van der Waals surface area contributed by atoms with Crippen molar-refractivity contribution in [3.8, 4) is 23.0 Å². The number of hydrogen-bond donors (Lipinski definition) is 1. The van der Waals surface area contributed by atoms with Crippen LogP contribution >= 0.6 is 0 Å². The van der Waals surface area contributed by atoms with Crippen LogP contribution in [0.1, 0.15) is 46.4 Å². The van der Waals surface area contributed by atoms with E-state index in [9.17, 15) is 24.0 Å². The molecule has 2 aromatic rings. The fraction of sp³-hybridized carbons (Fsp3) is 0.469. The molecular formula is C32H37N5O9. The maximum Gasteiger partial charge on any atom is 0.264 e. The average Bonchev–Trinajstić information content (AvgIpc) is 3.22. The van der Waals surface area contributed by atoms with Crippen molar-refractivity contribution in [2.75, 3.05) is 71.0 Å². The van der Waals surface area contributed by atoms with Crippen molar-refractivity contribution in [2.45, 2.75) is 37.9 Å². The molecule has 1 N–H and O–H groups in total. The van der Waals surface area contributed by atoms with Gasteiger partial charge in [0.25, 0.3) is 17.7 Å². The number of likely N-dealkylation sites (N-methyl/N-ethyl adjacent to an activating group) is 2. The zero-order chi connectivity index (χ0) is 32.7. The third kappa shape index (κ3) is 5.36. The lowest BCUT2D eigenvalue weighted by Gasteiger charge is -2.28. The second-order valence-corrected chi connectivity index (χ2v) is 11.6. The lowest BCUT2D eigenvalue weighted by atomic mass is 10.1. The fourth-order valence-electron chi connectivity index (χ4n) is 6.37. The summed E-state index contributed by atoms with van der Waals surface area (Å²) in [7, 11) is 6.16.